The normalized spacial score (nSPS) is 15.2. The van der Waals surface area contributed by atoms with Crippen molar-refractivity contribution in [3.8, 4) is 0 Å². The number of carbonyl (C=O) groups is 1. The van der Waals surface area contributed by atoms with Gasteiger partial charge in [-0.3, -0.25) is 9.59 Å². The predicted octanol–water partition coefficient (Wildman–Crippen LogP) is 2.87. The first-order chi connectivity index (χ1) is 14.9. The monoisotopic (exact) mass is 463 g/mol. The average molecular weight is 463 g/mol. The van der Waals surface area contributed by atoms with Gasteiger partial charge in [0, 0.05) is 51.2 Å². The van der Waals surface area contributed by atoms with Gasteiger partial charge >= 0.3 is 12.4 Å². The van der Waals surface area contributed by atoms with Gasteiger partial charge in [-0.2, -0.15) is 26.3 Å². The van der Waals surface area contributed by atoms with Crippen LogP contribution in [0.5, 0.6) is 0 Å². The van der Waals surface area contributed by atoms with Gasteiger partial charge in [-0.15, -0.1) is 0 Å². The molecule has 0 aromatic carbocycles. The van der Waals surface area contributed by atoms with E-state index in [1.54, 1.807) is 9.80 Å². The lowest BCUT2D eigenvalue weighted by atomic mass is 10.1. The number of pyridine rings is 1. The fourth-order valence-corrected chi connectivity index (χ4v) is 3.27. The van der Waals surface area contributed by atoms with E-state index in [1.807, 2.05) is 0 Å². The summed E-state index contributed by atoms with van der Waals surface area (Å²) in [5.41, 5.74) is -3.16. The van der Waals surface area contributed by atoms with Gasteiger partial charge in [0.05, 0.1) is 5.56 Å². The second-order valence-corrected chi connectivity index (χ2v) is 7.24. The second kappa shape index (κ2) is 9.17. The zero-order chi connectivity index (χ0) is 23.5. The van der Waals surface area contributed by atoms with Gasteiger partial charge in [-0.05, 0) is 24.5 Å². The Morgan fingerprint density at radius 3 is 2.19 bits per heavy atom. The Hall–Kier alpha value is -3.12. The molecule has 2 aromatic rings. The summed E-state index contributed by atoms with van der Waals surface area (Å²) in [5.74, 6) is -0.0397. The van der Waals surface area contributed by atoms with Crippen LogP contribution in [0.15, 0.2) is 29.5 Å². The van der Waals surface area contributed by atoms with E-state index in [-0.39, 0.29) is 30.3 Å². The number of piperazine rings is 1. The molecule has 1 amide bonds. The Morgan fingerprint density at radius 1 is 1.00 bits per heavy atom. The molecule has 0 spiro atoms. The summed E-state index contributed by atoms with van der Waals surface area (Å²) in [6.07, 6.45) is -6.07. The molecule has 0 saturated carbocycles. The quantitative estimate of drug-likeness (QED) is 0.690. The third-order valence-corrected chi connectivity index (χ3v) is 5.01. The van der Waals surface area contributed by atoms with Crippen molar-refractivity contribution in [2.75, 3.05) is 31.1 Å². The summed E-state index contributed by atoms with van der Waals surface area (Å²) >= 11 is 0. The molecule has 3 heterocycles. The van der Waals surface area contributed by atoms with Crippen molar-refractivity contribution in [1.82, 2.24) is 19.9 Å². The summed E-state index contributed by atoms with van der Waals surface area (Å²) in [4.78, 5) is 36.5. The van der Waals surface area contributed by atoms with Crippen molar-refractivity contribution in [1.29, 1.82) is 0 Å². The maximum absolute atomic E-state index is 12.8. The summed E-state index contributed by atoms with van der Waals surface area (Å²) in [5, 5.41) is 0. The first kappa shape index (κ1) is 23.5. The van der Waals surface area contributed by atoms with Gasteiger partial charge in [0.15, 0.2) is 0 Å². The van der Waals surface area contributed by atoms with E-state index >= 15 is 0 Å². The second-order valence-electron chi connectivity index (χ2n) is 7.24. The number of hydrogen-bond donors (Lipinski definition) is 1. The Bertz CT molecular complexity index is 995. The molecule has 0 radical (unpaired) electrons. The van der Waals surface area contributed by atoms with Crippen LogP contribution in [0.1, 0.15) is 29.5 Å². The molecule has 0 bridgehead atoms. The predicted molar refractivity (Wildman–Crippen MR) is 101 cm³/mol. The third kappa shape index (κ3) is 5.77. The van der Waals surface area contributed by atoms with Gasteiger partial charge in [0.1, 0.15) is 5.56 Å². The number of aromatic amines is 1. The van der Waals surface area contributed by atoms with E-state index in [0.717, 1.165) is 6.07 Å². The molecule has 1 saturated heterocycles. The topological polar surface area (TPSA) is 82.2 Å². The zero-order valence-electron chi connectivity index (χ0n) is 16.6. The number of H-pyrrole nitrogens is 1. The number of halogens is 6. The highest BCUT2D eigenvalue weighted by molar-refractivity contribution is 5.76. The van der Waals surface area contributed by atoms with Gasteiger partial charge in [-0.1, -0.05) is 0 Å². The van der Waals surface area contributed by atoms with Crippen molar-refractivity contribution in [3.05, 3.63) is 51.7 Å². The number of nitrogens with zero attached hydrogens (tertiary/aromatic N) is 4. The number of aryl methyl sites for hydroxylation is 1. The smallest absolute Gasteiger partial charge is 0.339 e. The number of rotatable bonds is 5. The Kier molecular flexibility index (Phi) is 6.74. The molecule has 3 rings (SSSR count). The standard InChI is InChI=1S/C19H19F6N5O2/c20-18(21,22)13-10-27-17(28-11-13)30-6-4-29(5-7-30)15(31)3-1-2-12-8-14(19(23,24)25)16(32)26-9-12/h8-11H,1-7H2,(H,26,32). The fraction of sp³-hybridized carbons (Fsp3) is 0.474. The highest BCUT2D eigenvalue weighted by Gasteiger charge is 2.34. The molecule has 1 aliphatic heterocycles. The first-order valence-electron chi connectivity index (χ1n) is 9.66. The first-order valence-corrected chi connectivity index (χ1v) is 9.66. The molecule has 1 fully saturated rings. The van der Waals surface area contributed by atoms with Crippen molar-refractivity contribution in [2.24, 2.45) is 0 Å². The fourth-order valence-electron chi connectivity index (χ4n) is 3.27. The Morgan fingerprint density at radius 2 is 1.62 bits per heavy atom. The molecule has 0 atom stereocenters. The molecule has 174 valence electrons. The number of anilines is 1. The van der Waals surface area contributed by atoms with Crippen LogP contribution in [0.4, 0.5) is 32.3 Å². The van der Waals surface area contributed by atoms with E-state index < -0.39 is 29.0 Å². The zero-order valence-corrected chi connectivity index (χ0v) is 16.6. The minimum absolute atomic E-state index is 0.108. The van der Waals surface area contributed by atoms with Gasteiger partial charge in [0.25, 0.3) is 5.56 Å². The Balaban J connectivity index is 1.47. The van der Waals surface area contributed by atoms with E-state index in [9.17, 15) is 35.9 Å². The van der Waals surface area contributed by atoms with E-state index in [0.29, 0.717) is 45.0 Å². The SMILES string of the molecule is O=C(CCCc1c[nH]c(=O)c(C(F)(F)F)c1)N1CCN(c2ncc(C(F)(F)F)cn2)CC1. The number of alkyl halides is 6. The van der Waals surface area contributed by atoms with Crippen LogP contribution in [0.3, 0.4) is 0 Å². The van der Waals surface area contributed by atoms with Crippen molar-refractivity contribution >= 4 is 11.9 Å². The summed E-state index contributed by atoms with van der Waals surface area (Å²) in [6, 6.07) is 0.784. The molecular formula is C19H19F6N5O2. The Labute approximate surface area is 178 Å². The largest absolute Gasteiger partial charge is 0.421 e. The molecule has 1 N–H and O–H groups in total. The summed E-state index contributed by atoms with van der Waals surface area (Å²) in [7, 11) is 0. The average Bonchev–Trinajstić information content (AvgIpc) is 2.73. The van der Waals surface area contributed by atoms with Crippen molar-refractivity contribution in [3.63, 3.8) is 0 Å². The van der Waals surface area contributed by atoms with Crippen LogP contribution in [-0.2, 0) is 23.6 Å². The lowest BCUT2D eigenvalue weighted by molar-refractivity contribution is -0.139. The highest BCUT2D eigenvalue weighted by atomic mass is 19.4. The summed E-state index contributed by atoms with van der Waals surface area (Å²) in [6.45, 7) is 1.32. The van der Waals surface area contributed by atoms with Gasteiger partial charge in [-0.25, -0.2) is 9.97 Å². The van der Waals surface area contributed by atoms with Crippen molar-refractivity contribution in [2.45, 2.75) is 31.6 Å². The molecule has 2 aromatic heterocycles. The minimum Gasteiger partial charge on any atom is -0.339 e. The molecule has 7 nitrogen and oxygen atoms in total. The molecular weight excluding hydrogens is 444 g/mol. The molecule has 1 aliphatic rings. The third-order valence-electron chi connectivity index (χ3n) is 5.01. The summed E-state index contributed by atoms with van der Waals surface area (Å²) < 4.78 is 76.2. The van der Waals surface area contributed by atoms with E-state index in [4.69, 9.17) is 0 Å². The molecule has 32 heavy (non-hydrogen) atoms. The van der Waals surface area contributed by atoms with Crippen molar-refractivity contribution < 1.29 is 31.1 Å². The number of aromatic nitrogens is 3. The van der Waals surface area contributed by atoms with Crippen LogP contribution in [0.2, 0.25) is 0 Å². The number of amides is 1. The lowest BCUT2D eigenvalue weighted by Gasteiger charge is -2.34. The van der Waals surface area contributed by atoms with Crippen LogP contribution in [0, 0.1) is 0 Å². The van der Waals surface area contributed by atoms with E-state index in [1.165, 1.54) is 6.20 Å². The van der Waals surface area contributed by atoms with Crippen LogP contribution < -0.4 is 10.5 Å². The molecule has 0 aliphatic carbocycles. The number of hydrogen-bond acceptors (Lipinski definition) is 5. The maximum Gasteiger partial charge on any atom is 0.421 e. The van der Waals surface area contributed by atoms with Crippen LogP contribution in [0.25, 0.3) is 0 Å². The minimum atomic E-state index is -4.75. The van der Waals surface area contributed by atoms with Gasteiger partial charge < -0.3 is 14.8 Å². The lowest BCUT2D eigenvalue weighted by Crippen LogP contribution is -2.49. The van der Waals surface area contributed by atoms with E-state index in [2.05, 4.69) is 15.0 Å². The maximum atomic E-state index is 12.8. The molecule has 0 unspecified atom stereocenters. The van der Waals surface area contributed by atoms with Crippen LogP contribution >= 0.6 is 0 Å². The highest BCUT2D eigenvalue weighted by Crippen LogP contribution is 2.29. The number of carbonyl (C=O) groups excluding carboxylic acids is 1. The van der Waals surface area contributed by atoms with Gasteiger partial charge in [0.2, 0.25) is 11.9 Å². The van der Waals surface area contributed by atoms with Crippen LogP contribution in [-0.4, -0.2) is 51.9 Å². The number of nitrogens with one attached hydrogen (secondary N) is 1. The molecule has 13 heteroatoms.